The highest BCUT2D eigenvalue weighted by molar-refractivity contribution is 5.85. The standard InChI is InChI=1S/C13H12FN3/c1-8-4-13-16-7-10(6-15)17(13)12-5-9(14)2-3-11(8)12/h2-5,7H,6,15H2,1H3. The van der Waals surface area contributed by atoms with Crippen LogP contribution in [0.25, 0.3) is 16.6 Å². The Kier molecular flexibility index (Phi) is 2.12. The Morgan fingerprint density at radius 1 is 1.35 bits per heavy atom. The van der Waals surface area contributed by atoms with Gasteiger partial charge in [-0.3, -0.25) is 4.40 Å². The van der Waals surface area contributed by atoms with E-state index in [9.17, 15) is 4.39 Å². The molecule has 0 aliphatic heterocycles. The zero-order chi connectivity index (χ0) is 12.0. The maximum absolute atomic E-state index is 13.4. The third-order valence-corrected chi connectivity index (χ3v) is 3.04. The highest BCUT2D eigenvalue weighted by Crippen LogP contribution is 2.23. The molecule has 0 spiro atoms. The zero-order valence-electron chi connectivity index (χ0n) is 9.44. The smallest absolute Gasteiger partial charge is 0.137 e. The van der Waals surface area contributed by atoms with Gasteiger partial charge in [-0.25, -0.2) is 9.37 Å². The monoisotopic (exact) mass is 229 g/mol. The number of imidazole rings is 1. The summed E-state index contributed by atoms with van der Waals surface area (Å²) in [4.78, 5) is 4.29. The molecule has 2 aromatic heterocycles. The van der Waals surface area contributed by atoms with Crippen LogP contribution in [0.15, 0.2) is 30.5 Å². The third kappa shape index (κ3) is 1.41. The van der Waals surface area contributed by atoms with Crippen LogP contribution < -0.4 is 5.73 Å². The summed E-state index contributed by atoms with van der Waals surface area (Å²) in [6.07, 6.45) is 1.74. The van der Waals surface area contributed by atoms with Crippen LogP contribution in [0.5, 0.6) is 0 Å². The molecule has 0 amide bonds. The normalized spacial score (nSPS) is 11.5. The van der Waals surface area contributed by atoms with Crippen molar-refractivity contribution in [2.45, 2.75) is 13.5 Å². The minimum Gasteiger partial charge on any atom is -0.325 e. The average Bonchev–Trinajstić information content (AvgIpc) is 2.71. The second-order valence-electron chi connectivity index (χ2n) is 4.14. The number of pyridine rings is 1. The molecule has 4 heteroatoms. The zero-order valence-corrected chi connectivity index (χ0v) is 9.44. The van der Waals surface area contributed by atoms with E-state index in [1.54, 1.807) is 12.3 Å². The molecule has 0 unspecified atom stereocenters. The van der Waals surface area contributed by atoms with Crippen molar-refractivity contribution in [2.75, 3.05) is 0 Å². The molecule has 86 valence electrons. The van der Waals surface area contributed by atoms with Crippen molar-refractivity contribution in [2.24, 2.45) is 5.73 Å². The molecule has 0 aliphatic rings. The minimum absolute atomic E-state index is 0.249. The number of nitrogens with two attached hydrogens (primary N) is 1. The summed E-state index contributed by atoms with van der Waals surface area (Å²) in [7, 11) is 0. The van der Waals surface area contributed by atoms with Crippen LogP contribution in [0, 0.1) is 12.7 Å². The van der Waals surface area contributed by atoms with Gasteiger partial charge in [0.2, 0.25) is 0 Å². The van der Waals surface area contributed by atoms with Crippen molar-refractivity contribution in [3.8, 4) is 0 Å². The summed E-state index contributed by atoms with van der Waals surface area (Å²) in [5.74, 6) is -0.249. The SMILES string of the molecule is Cc1cc2ncc(CN)n2c2cc(F)ccc12. The fraction of sp³-hybridized carbons (Fsp3) is 0.154. The summed E-state index contributed by atoms with van der Waals surface area (Å²) in [5.41, 5.74) is 9.27. The number of aromatic nitrogens is 2. The number of aryl methyl sites for hydroxylation is 1. The predicted octanol–water partition coefficient (Wildman–Crippen LogP) is 2.39. The molecule has 2 heterocycles. The van der Waals surface area contributed by atoms with Crippen LogP contribution >= 0.6 is 0 Å². The molecule has 17 heavy (non-hydrogen) atoms. The van der Waals surface area contributed by atoms with E-state index in [2.05, 4.69) is 4.98 Å². The second-order valence-corrected chi connectivity index (χ2v) is 4.14. The van der Waals surface area contributed by atoms with Crippen LogP contribution in [0.1, 0.15) is 11.3 Å². The molecule has 2 N–H and O–H groups in total. The van der Waals surface area contributed by atoms with Crippen molar-refractivity contribution < 1.29 is 4.39 Å². The topological polar surface area (TPSA) is 43.3 Å². The Morgan fingerprint density at radius 2 is 2.18 bits per heavy atom. The first-order valence-electron chi connectivity index (χ1n) is 5.46. The van der Waals surface area contributed by atoms with Gasteiger partial charge in [0.15, 0.2) is 0 Å². The maximum Gasteiger partial charge on any atom is 0.137 e. The van der Waals surface area contributed by atoms with Gasteiger partial charge in [-0.1, -0.05) is 0 Å². The fourth-order valence-electron chi connectivity index (χ4n) is 2.22. The van der Waals surface area contributed by atoms with Gasteiger partial charge in [0.1, 0.15) is 11.5 Å². The van der Waals surface area contributed by atoms with E-state index >= 15 is 0 Å². The minimum atomic E-state index is -0.249. The van der Waals surface area contributed by atoms with Crippen molar-refractivity contribution in [3.63, 3.8) is 0 Å². The number of hydrogen-bond acceptors (Lipinski definition) is 2. The van der Waals surface area contributed by atoms with Gasteiger partial charge in [-0.05, 0) is 36.8 Å². The van der Waals surface area contributed by atoms with E-state index in [4.69, 9.17) is 5.73 Å². The number of nitrogens with zero attached hydrogens (tertiary/aromatic N) is 2. The van der Waals surface area contributed by atoms with Crippen molar-refractivity contribution in [1.82, 2.24) is 9.38 Å². The number of rotatable bonds is 1. The summed E-state index contributed by atoms with van der Waals surface area (Å²) in [6.45, 7) is 2.38. The number of hydrogen-bond donors (Lipinski definition) is 1. The quantitative estimate of drug-likeness (QED) is 0.696. The predicted molar refractivity (Wildman–Crippen MR) is 65.3 cm³/mol. The van der Waals surface area contributed by atoms with E-state index in [1.807, 2.05) is 17.4 Å². The lowest BCUT2D eigenvalue weighted by Gasteiger charge is -2.08. The molecule has 0 radical (unpaired) electrons. The van der Waals surface area contributed by atoms with Crippen molar-refractivity contribution in [3.05, 3.63) is 47.5 Å². The molecule has 0 fully saturated rings. The van der Waals surface area contributed by atoms with E-state index in [1.165, 1.54) is 12.1 Å². The van der Waals surface area contributed by atoms with E-state index in [0.29, 0.717) is 6.54 Å². The Bertz CT molecular complexity index is 715. The highest BCUT2D eigenvalue weighted by Gasteiger charge is 2.09. The van der Waals surface area contributed by atoms with E-state index in [-0.39, 0.29) is 5.82 Å². The van der Waals surface area contributed by atoms with Gasteiger partial charge in [0, 0.05) is 11.9 Å². The summed E-state index contributed by atoms with van der Waals surface area (Å²) >= 11 is 0. The molecule has 0 atom stereocenters. The largest absolute Gasteiger partial charge is 0.325 e. The van der Waals surface area contributed by atoms with Crippen LogP contribution in [-0.4, -0.2) is 9.38 Å². The van der Waals surface area contributed by atoms with Crippen LogP contribution in [0.3, 0.4) is 0 Å². The fourth-order valence-corrected chi connectivity index (χ4v) is 2.22. The first-order chi connectivity index (χ1) is 8.20. The van der Waals surface area contributed by atoms with Gasteiger partial charge in [-0.2, -0.15) is 0 Å². The van der Waals surface area contributed by atoms with Crippen LogP contribution in [0.4, 0.5) is 4.39 Å². The van der Waals surface area contributed by atoms with Crippen molar-refractivity contribution in [1.29, 1.82) is 0 Å². The number of fused-ring (bicyclic) bond motifs is 3. The lowest BCUT2D eigenvalue weighted by Crippen LogP contribution is -2.02. The number of benzene rings is 1. The lowest BCUT2D eigenvalue weighted by molar-refractivity contribution is 0.629. The molecule has 1 aromatic carbocycles. The second kappa shape index (κ2) is 3.53. The van der Waals surface area contributed by atoms with Crippen LogP contribution in [0.2, 0.25) is 0 Å². The lowest BCUT2D eigenvalue weighted by atomic mass is 10.1. The van der Waals surface area contributed by atoms with Crippen molar-refractivity contribution >= 4 is 16.6 Å². The Balaban J connectivity index is 2.58. The van der Waals surface area contributed by atoms with Crippen LogP contribution in [-0.2, 0) is 6.54 Å². The molecule has 0 bridgehead atoms. The van der Waals surface area contributed by atoms with E-state index in [0.717, 1.165) is 27.8 Å². The molecule has 3 aromatic rings. The van der Waals surface area contributed by atoms with Gasteiger partial charge in [-0.15, -0.1) is 0 Å². The Morgan fingerprint density at radius 3 is 2.94 bits per heavy atom. The van der Waals surface area contributed by atoms with Gasteiger partial charge in [0.05, 0.1) is 17.4 Å². The van der Waals surface area contributed by atoms with Gasteiger partial charge < -0.3 is 5.73 Å². The molecular formula is C13H12FN3. The first-order valence-corrected chi connectivity index (χ1v) is 5.46. The molecular weight excluding hydrogens is 217 g/mol. The molecule has 0 saturated heterocycles. The highest BCUT2D eigenvalue weighted by atomic mass is 19.1. The first kappa shape index (κ1) is 10.2. The third-order valence-electron chi connectivity index (χ3n) is 3.04. The maximum atomic E-state index is 13.4. The molecule has 3 rings (SSSR count). The summed E-state index contributed by atoms with van der Waals surface area (Å²) < 4.78 is 15.3. The Labute approximate surface area is 97.7 Å². The molecule has 0 aliphatic carbocycles. The number of halogens is 1. The molecule has 3 nitrogen and oxygen atoms in total. The van der Waals surface area contributed by atoms with Gasteiger partial charge >= 0.3 is 0 Å². The summed E-state index contributed by atoms with van der Waals surface area (Å²) in [5, 5.41) is 1.02. The Hall–Kier alpha value is -1.94. The van der Waals surface area contributed by atoms with E-state index < -0.39 is 0 Å². The molecule has 0 saturated carbocycles. The summed E-state index contributed by atoms with van der Waals surface area (Å²) in [6, 6.07) is 6.77. The van der Waals surface area contributed by atoms with Gasteiger partial charge in [0.25, 0.3) is 0 Å². The average molecular weight is 229 g/mol.